The lowest BCUT2D eigenvalue weighted by molar-refractivity contribution is 0.313. The first-order valence-electron chi connectivity index (χ1n) is 6.33. The number of nitrogens with zero attached hydrogens (tertiary/aromatic N) is 1. The van der Waals surface area contributed by atoms with Crippen molar-refractivity contribution in [2.45, 2.75) is 32.2 Å². The van der Waals surface area contributed by atoms with Crippen molar-refractivity contribution in [2.75, 3.05) is 20.1 Å². The Hall–Kier alpha value is -0.930. The quantitative estimate of drug-likeness (QED) is 0.791. The molecule has 0 aliphatic heterocycles. The maximum atomic E-state index is 12.8. The van der Waals surface area contributed by atoms with E-state index in [2.05, 4.69) is 18.9 Å². The smallest absolute Gasteiger partial charge is 0.123 e. The number of rotatable bonds is 7. The summed E-state index contributed by atoms with van der Waals surface area (Å²) in [6, 6.07) is 6.48. The van der Waals surface area contributed by atoms with Gasteiger partial charge in [-0.2, -0.15) is 0 Å². The summed E-state index contributed by atoms with van der Waals surface area (Å²) in [6.07, 6.45) is 3.35. The molecule has 0 bridgehead atoms. The molecule has 96 valence electrons. The van der Waals surface area contributed by atoms with Gasteiger partial charge in [-0.1, -0.05) is 25.5 Å². The fourth-order valence-corrected chi connectivity index (χ4v) is 1.78. The van der Waals surface area contributed by atoms with Crippen molar-refractivity contribution in [1.82, 2.24) is 4.90 Å². The third-order valence-corrected chi connectivity index (χ3v) is 3.01. The van der Waals surface area contributed by atoms with Crippen molar-refractivity contribution in [3.8, 4) is 0 Å². The third-order valence-electron chi connectivity index (χ3n) is 3.01. The van der Waals surface area contributed by atoms with E-state index in [1.807, 2.05) is 0 Å². The van der Waals surface area contributed by atoms with Crippen molar-refractivity contribution in [2.24, 2.45) is 5.73 Å². The summed E-state index contributed by atoms with van der Waals surface area (Å²) < 4.78 is 12.8. The Kier molecular flexibility index (Phi) is 6.16. The molecule has 0 amide bonds. The highest BCUT2D eigenvalue weighted by Gasteiger charge is 2.07. The Balaban J connectivity index is 2.34. The first-order chi connectivity index (χ1) is 8.13. The minimum atomic E-state index is -0.207. The average molecular weight is 238 g/mol. The minimum absolute atomic E-state index is 0.000300. The predicted molar refractivity (Wildman–Crippen MR) is 70.4 cm³/mol. The summed E-state index contributed by atoms with van der Waals surface area (Å²) in [4.78, 5) is 2.30. The number of hydrogen-bond donors (Lipinski definition) is 1. The second-order valence-corrected chi connectivity index (χ2v) is 4.60. The van der Waals surface area contributed by atoms with Gasteiger partial charge in [-0.05, 0) is 50.7 Å². The highest BCUT2D eigenvalue weighted by molar-refractivity contribution is 5.19. The van der Waals surface area contributed by atoms with Crippen LogP contribution in [0.4, 0.5) is 4.39 Å². The standard InChI is InChI=1S/C14H23FN2/c1-3-4-10-17(2)11-9-14(16)12-5-7-13(15)8-6-12/h5-8,14H,3-4,9-11,16H2,1-2H3. The fraction of sp³-hybridized carbons (Fsp3) is 0.571. The Morgan fingerprint density at radius 1 is 1.24 bits per heavy atom. The Bertz CT molecular complexity index is 311. The van der Waals surface area contributed by atoms with Crippen LogP contribution in [0.5, 0.6) is 0 Å². The van der Waals surface area contributed by atoms with Gasteiger partial charge in [0.2, 0.25) is 0 Å². The van der Waals surface area contributed by atoms with Crippen LogP contribution in [0.3, 0.4) is 0 Å². The summed E-state index contributed by atoms with van der Waals surface area (Å²) in [7, 11) is 2.12. The molecule has 2 N–H and O–H groups in total. The van der Waals surface area contributed by atoms with Crippen LogP contribution in [0.25, 0.3) is 0 Å². The van der Waals surface area contributed by atoms with E-state index in [1.54, 1.807) is 12.1 Å². The van der Waals surface area contributed by atoms with Gasteiger partial charge in [0.15, 0.2) is 0 Å². The van der Waals surface area contributed by atoms with Crippen LogP contribution in [-0.4, -0.2) is 25.0 Å². The second kappa shape index (κ2) is 7.41. The van der Waals surface area contributed by atoms with Crippen molar-refractivity contribution in [3.05, 3.63) is 35.6 Å². The highest BCUT2D eigenvalue weighted by Crippen LogP contribution is 2.14. The molecule has 0 fully saturated rings. The molecule has 3 heteroatoms. The molecule has 0 saturated heterocycles. The van der Waals surface area contributed by atoms with E-state index in [9.17, 15) is 4.39 Å². The summed E-state index contributed by atoms with van der Waals surface area (Å²) >= 11 is 0. The van der Waals surface area contributed by atoms with Crippen molar-refractivity contribution in [3.63, 3.8) is 0 Å². The van der Waals surface area contributed by atoms with Gasteiger partial charge in [0.05, 0.1) is 0 Å². The van der Waals surface area contributed by atoms with Crippen molar-refractivity contribution >= 4 is 0 Å². The molecule has 0 radical (unpaired) electrons. The van der Waals surface area contributed by atoms with Crippen LogP contribution in [0.2, 0.25) is 0 Å². The zero-order chi connectivity index (χ0) is 12.7. The zero-order valence-corrected chi connectivity index (χ0v) is 10.8. The van der Waals surface area contributed by atoms with E-state index >= 15 is 0 Å². The molecule has 1 atom stereocenters. The molecular formula is C14H23FN2. The topological polar surface area (TPSA) is 29.3 Å². The zero-order valence-electron chi connectivity index (χ0n) is 10.8. The van der Waals surface area contributed by atoms with E-state index in [1.165, 1.54) is 25.0 Å². The number of halogens is 1. The first-order valence-corrected chi connectivity index (χ1v) is 6.33. The van der Waals surface area contributed by atoms with Crippen LogP contribution in [0, 0.1) is 5.82 Å². The first kappa shape index (κ1) is 14.1. The molecule has 0 aromatic heterocycles. The lowest BCUT2D eigenvalue weighted by Crippen LogP contribution is -2.24. The van der Waals surface area contributed by atoms with Gasteiger partial charge in [-0.25, -0.2) is 4.39 Å². The number of unbranched alkanes of at least 4 members (excludes halogenated alkanes) is 1. The number of nitrogens with two attached hydrogens (primary N) is 1. The van der Waals surface area contributed by atoms with Crippen LogP contribution in [0.15, 0.2) is 24.3 Å². The normalized spacial score (nSPS) is 13.0. The molecule has 0 aliphatic rings. The van der Waals surface area contributed by atoms with E-state index in [4.69, 9.17) is 5.73 Å². The van der Waals surface area contributed by atoms with E-state index in [0.29, 0.717) is 0 Å². The monoisotopic (exact) mass is 238 g/mol. The largest absolute Gasteiger partial charge is 0.324 e. The lowest BCUT2D eigenvalue weighted by Gasteiger charge is -2.19. The molecular weight excluding hydrogens is 215 g/mol. The van der Waals surface area contributed by atoms with Gasteiger partial charge in [0.1, 0.15) is 5.82 Å². The highest BCUT2D eigenvalue weighted by atomic mass is 19.1. The minimum Gasteiger partial charge on any atom is -0.324 e. The number of benzene rings is 1. The van der Waals surface area contributed by atoms with E-state index in [-0.39, 0.29) is 11.9 Å². The molecule has 0 heterocycles. The van der Waals surface area contributed by atoms with Crippen LogP contribution < -0.4 is 5.73 Å². The molecule has 0 aliphatic carbocycles. The van der Waals surface area contributed by atoms with Crippen molar-refractivity contribution < 1.29 is 4.39 Å². The van der Waals surface area contributed by atoms with Crippen LogP contribution in [-0.2, 0) is 0 Å². The molecule has 2 nitrogen and oxygen atoms in total. The van der Waals surface area contributed by atoms with Gasteiger partial charge < -0.3 is 10.6 Å². The third kappa shape index (κ3) is 5.29. The molecule has 1 aromatic carbocycles. The van der Waals surface area contributed by atoms with Gasteiger partial charge in [-0.15, -0.1) is 0 Å². The SMILES string of the molecule is CCCCN(C)CCC(N)c1ccc(F)cc1. The van der Waals surface area contributed by atoms with Gasteiger partial charge in [0.25, 0.3) is 0 Å². The molecule has 0 spiro atoms. The van der Waals surface area contributed by atoms with E-state index < -0.39 is 0 Å². The number of hydrogen-bond acceptors (Lipinski definition) is 2. The Morgan fingerprint density at radius 2 is 1.88 bits per heavy atom. The van der Waals surface area contributed by atoms with Crippen molar-refractivity contribution in [1.29, 1.82) is 0 Å². The Morgan fingerprint density at radius 3 is 2.47 bits per heavy atom. The maximum absolute atomic E-state index is 12.8. The summed E-state index contributed by atoms with van der Waals surface area (Å²) in [5, 5.41) is 0. The van der Waals surface area contributed by atoms with Crippen LogP contribution in [0.1, 0.15) is 37.8 Å². The van der Waals surface area contributed by atoms with Crippen LogP contribution >= 0.6 is 0 Å². The molecule has 1 aromatic rings. The summed E-state index contributed by atoms with van der Waals surface area (Å²) in [5.41, 5.74) is 7.08. The molecule has 1 unspecified atom stereocenters. The van der Waals surface area contributed by atoms with Gasteiger partial charge in [-0.3, -0.25) is 0 Å². The lowest BCUT2D eigenvalue weighted by atomic mass is 10.0. The Labute approximate surface area is 104 Å². The van der Waals surface area contributed by atoms with Gasteiger partial charge in [0, 0.05) is 6.04 Å². The second-order valence-electron chi connectivity index (χ2n) is 4.60. The molecule has 0 saturated carbocycles. The fourth-order valence-electron chi connectivity index (χ4n) is 1.78. The molecule has 1 rings (SSSR count). The van der Waals surface area contributed by atoms with Gasteiger partial charge >= 0.3 is 0 Å². The maximum Gasteiger partial charge on any atom is 0.123 e. The molecule has 17 heavy (non-hydrogen) atoms. The predicted octanol–water partition coefficient (Wildman–Crippen LogP) is 2.95. The summed E-state index contributed by atoms with van der Waals surface area (Å²) in [6.45, 7) is 4.29. The van der Waals surface area contributed by atoms with E-state index in [0.717, 1.165) is 25.1 Å². The average Bonchev–Trinajstić information content (AvgIpc) is 2.34. The summed E-state index contributed by atoms with van der Waals surface area (Å²) in [5.74, 6) is -0.207.